The van der Waals surface area contributed by atoms with E-state index in [0.29, 0.717) is 6.54 Å². The highest BCUT2D eigenvalue weighted by atomic mass is 15.5. The van der Waals surface area contributed by atoms with Gasteiger partial charge in [0, 0.05) is 0 Å². The third-order valence-electron chi connectivity index (χ3n) is 4.99. The zero-order valence-electron chi connectivity index (χ0n) is 14.2. The van der Waals surface area contributed by atoms with Crippen LogP contribution in [0.2, 0.25) is 0 Å². The maximum Gasteiger partial charge on any atom is 0.129 e. The minimum atomic E-state index is -0.426. The first-order valence-electron chi connectivity index (χ1n) is 8.78. The summed E-state index contributed by atoms with van der Waals surface area (Å²) in [6, 6.07) is 18.3. The molecule has 0 N–H and O–H groups in total. The molecule has 1 unspecified atom stereocenters. The number of para-hydroxylation sites is 1. The summed E-state index contributed by atoms with van der Waals surface area (Å²) in [5, 5.41) is 17.7. The van der Waals surface area contributed by atoms with Crippen molar-refractivity contribution in [1.82, 2.24) is 30.0 Å². The Hall–Kier alpha value is -3.28. The molecule has 0 aliphatic heterocycles. The fourth-order valence-electron chi connectivity index (χ4n) is 3.67. The van der Waals surface area contributed by atoms with Crippen LogP contribution >= 0.6 is 0 Å². The van der Waals surface area contributed by atoms with Crippen molar-refractivity contribution in [1.29, 1.82) is 0 Å². The van der Waals surface area contributed by atoms with Gasteiger partial charge in [-0.2, -0.15) is 0 Å². The molecule has 0 saturated heterocycles. The Morgan fingerprint density at radius 2 is 1.77 bits per heavy atom. The quantitative estimate of drug-likeness (QED) is 0.535. The molecule has 0 saturated carbocycles. The predicted octanol–water partition coefficient (Wildman–Crippen LogP) is 3.16. The molecule has 5 rings (SSSR count). The Kier molecular flexibility index (Phi) is 3.41. The van der Waals surface area contributed by atoms with Gasteiger partial charge in [0.15, 0.2) is 0 Å². The number of hydrogen-bond acceptors (Lipinski definition) is 4. The van der Waals surface area contributed by atoms with E-state index in [1.165, 1.54) is 5.56 Å². The molecule has 4 aromatic rings. The van der Waals surface area contributed by atoms with Crippen LogP contribution in [0.25, 0.3) is 11.0 Å². The SMILES string of the molecule is C1=CC(c2cn(Cc3ccccc3)nn2)(n2nnc3ccccc32)CC1. The zero-order valence-corrected chi connectivity index (χ0v) is 14.2. The Morgan fingerprint density at radius 1 is 0.923 bits per heavy atom. The summed E-state index contributed by atoms with van der Waals surface area (Å²) in [6.45, 7) is 0.700. The Morgan fingerprint density at radius 3 is 2.62 bits per heavy atom. The molecule has 0 radical (unpaired) electrons. The fraction of sp³-hybridized carbons (Fsp3) is 0.200. The van der Waals surface area contributed by atoms with Gasteiger partial charge in [-0.3, -0.25) is 0 Å². The molecule has 26 heavy (non-hydrogen) atoms. The average Bonchev–Trinajstić information content (AvgIpc) is 3.42. The molecule has 2 heterocycles. The summed E-state index contributed by atoms with van der Waals surface area (Å²) >= 11 is 0. The summed E-state index contributed by atoms with van der Waals surface area (Å²) in [6.07, 6.45) is 8.29. The van der Waals surface area contributed by atoms with Crippen LogP contribution in [-0.2, 0) is 12.1 Å². The van der Waals surface area contributed by atoms with Gasteiger partial charge >= 0.3 is 0 Å². The van der Waals surface area contributed by atoms with Gasteiger partial charge in [-0.15, -0.1) is 10.2 Å². The monoisotopic (exact) mass is 342 g/mol. The summed E-state index contributed by atoms with van der Waals surface area (Å²) in [4.78, 5) is 0. The van der Waals surface area contributed by atoms with E-state index in [1.807, 2.05) is 52.0 Å². The fourth-order valence-corrected chi connectivity index (χ4v) is 3.67. The van der Waals surface area contributed by atoms with Crippen molar-refractivity contribution in [3.63, 3.8) is 0 Å². The molecule has 1 aliphatic rings. The van der Waals surface area contributed by atoms with Crippen LogP contribution in [0.1, 0.15) is 24.1 Å². The lowest BCUT2D eigenvalue weighted by atomic mass is 9.95. The Bertz CT molecular complexity index is 1080. The smallest absolute Gasteiger partial charge is 0.129 e. The molecule has 2 aromatic carbocycles. The van der Waals surface area contributed by atoms with Gasteiger partial charge in [0.05, 0.1) is 18.3 Å². The number of rotatable bonds is 4. The lowest BCUT2D eigenvalue weighted by molar-refractivity contribution is 0.387. The van der Waals surface area contributed by atoms with Crippen LogP contribution in [0.4, 0.5) is 0 Å². The normalized spacial score (nSPS) is 19.4. The van der Waals surface area contributed by atoms with Gasteiger partial charge < -0.3 is 0 Å². The van der Waals surface area contributed by atoms with Crippen molar-refractivity contribution in [3.05, 3.63) is 84.2 Å². The highest BCUT2D eigenvalue weighted by Gasteiger charge is 2.39. The lowest BCUT2D eigenvalue weighted by Gasteiger charge is -2.25. The maximum atomic E-state index is 4.50. The first-order valence-corrected chi connectivity index (χ1v) is 8.78. The van der Waals surface area contributed by atoms with Crippen LogP contribution < -0.4 is 0 Å². The van der Waals surface area contributed by atoms with E-state index >= 15 is 0 Å². The summed E-state index contributed by atoms with van der Waals surface area (Å²) in [5.41, 5.74) is 3.58. The molecule has 0 spiro atoms. The van der Waals surface area contributed by atoms with E-state index in [-0.39, 0.29) is 0 Å². The van der Waals surface area contributed by atoms with Crippen molar-refractivity contribution in [2.75, 3.05) is 0 Å². The molecule has 1 aliphatic carbocycles. The van der Waals surface area contributed by atoms with Crippen molar-refractivity contribution in [3.8, 4) is 0 Å². The number of hydrogen-bond donors (Lipinski definition) is 0. The number of nitrogens with zero attached hydrogens (tertiary/aromatic N) is 6. The van der Waals surface area contributed by atoms with Crippen molar-refractivity contribution < 1.29 is 0 Å². The largest absolute Gasteiger partial charge is 0.248 e. The van der Waals surface area contributed by atoms with E-state index in [0.717, 1.165) is 29.6 Å². The minimum Gasteiger partial charge on any atom is -0.248 e. The molecule has 6 heteroatoms. The van der Waals surface area contributed by atoms with Gasteiger partial charge in [0.1, 0.15) is 16.7 Å². The third kappa shape index (κ3) is 2.34. The summed E-state index contributed by atoms with van der Waals surface area (Å²) in [5.74, 6) is 0. The van der Waals surface area contributed by atoms with E-state index in [9.17, 15) is 0 Å². The Balaban J connectivity index is 1.57. The number of fused-ring (bicyclic) bond motifs is 1. The lowest BCUT2D eigenvalue weighted by Crippen LogP contribution is -2.32. The van der Waals surface area contributed by atoms with Crippen LogP contribution in [0.3, 0.4) is 0 Å². The number of benzene rings is 2. The number of allylic oxidation sites excluding steroid dienone is 2. The minimum absolute atomic E-state index is 0.426. The molecule has 0 fully saturated rings. The van der Waals surface area contributed by atoms with Gasteiger partial charge in [-0.25, -0.2) is 9.36 Å². The molecular weight excluding hydrogens is 324 g/mol. The second-order valence-electron chi connectivity index (χ2n) is 6.64. The van der Waals surface area contributed by atoms with Crippen LogP contribution in [-0.4, -0.2) is 30.0 Å². The van der Waals surface area contributed by atoms with E-state index in [1.54, 1.807) is 0 Å². The van der Waals surface area contributed by atoms with E-state index in [4.69, 9.17) is 0 Å². The molecule has 0 bridgehead atoms. The molecular formula is C20H18N6. The van der Waals surface area contributed by atoms with Gasteiger partial charge in [-0.1, -0.05) is 65.0 Å². The molecule has 1 atom stereocenters. The van der Waals surface area contributed by atoms with Crippen molar-refractivity contribution in [2.45, 2.75) is 24.9 Å². The average molecular weight is 342 g/mol. The summed E-state index contributed by atoms with van der Waals surface area (Å²) < 4.78 is 3.88. The van der Waals surface area contributed by atoms with Crippen LogP contribution in [0.15, 0.2) is 72.9 Å². The van der Waals surface area contributed by atoms with Crippen LogP contribution in [0.5, 0.6) is 0 Å². The third-order valence-corrected chi connectivity index (χ3v) is 4.99. The van der Waals surface area contributed by atoms with Gasteiger partial charge in [0.25, 0.3) is 0 Å². The maximum absolute atomic E-state index is 4.50. The molecule has 128 valence electrons. The van der Waals surface area contributed by atoms with Crippen molar-refractivity contribution >= 4 is 11.0 Å². The standard InChI is InChI=1S/C20H18N6/c1-2-8-16(9-3-1)14-25-15-19(22-23-25)20(12-6-7-13-20)26-18-11-5-4-10-17(18)21-24-26/h1-6,8-12,15H,7,13-14H2. The summed E-state index contributed by atoms with van der Waals surface area (Å²) in [7, 11) is 0. The van der Waals surface area contributed by atoms with Crippen molar-refractivity contribution in [2.24, 2.45) is 0 Å². The number of aromatic nitrogens is 6. The van der Waals surface area contributed by atoms with Gasteiger partial charge in [0.2, 0.25) is 0 Å². The molecule has 6 nitrogen and oxygen atoms in total. The highest BCUT2D eigenvalue weighted by molar-refractivity contribution is 5.74. The first-order chi connectivity index (χ1) is 12.9. The van der Waals surface area contributed by atoms with E-state index < -0.39 is 5.54 Å². The zero-order chi connectivity index (χ0) is 17.4. The topological polar surface area (TPSA) is 61.4 Å². The van der Waals surface area contributed by atoms with E-state index in [2.05, 4.69) is 51.0 Å². The van der Waals surface area contributed by atoms with Crippen LogP contribution in [0, 0.1) is 0 Å². The second-order valence-corrected chi connectivity index (χ2v) is 6.64. The first kappa shape index (κ1) is 15.0. The van der Waals surface area contributed by atoms with Gasteiger partial charge in [-0.05, 0) is 30.5 Å². The molecule has 2 aromatic heterocycles. The second kappa shape index (κ2) is 5.91. The molecule has 0 amide bonds. The predicted molar refractivity (Wildman–Crippen MR) is 98.5 cm³/mol. The Labute approximate surface area is 150 Å². The highest BCUT2D eigenvalue weighted by Crippen LogP contribution is 2.37.